The zero-order valence-corrected chi connectivity index (χ0v) is 7.19. The lowest BCUT2D eigenvalue weighted by atomic mass is 9.90. The fourth-order valence-electron chi connectivity index (χ4n) is 2.27. The molecule has 0 aromatic heterocycles. The van der Waals surface area contributed by atoms with Gasteiger partial charge in [0.25, 0.3) is 0 Å². The van der Waals surface area contributed by atoms with Crippen LogP contribution in [0.4, 0.5) is 0 Å². The standard InChI is InChI=1S/C8H17N3.H2/c1-11-4-2-3-8(6-11)5-9-7-10-8;/h9-10H,2-7H2,1H3;1H. The molecule has 0 radical (unpaired) electrons. The summed E-state index contributed by atoms with van der Waals surface area (Å²) in [5.74, 6) is 0. The van der Waals surface area contributed by atoms with Crippen LogP contribution in [0.15, 0.2) is 0 Å². The Morgan fingerprint density at radius 1 is 1.55 bits per heavy atom. The third-order valence-electron chi connectivity index (χ3n) is 2.82. The molecule has 1 atom stereocenters. The molecule has 11 heavy (non-hydrogen) atoms. The van der Waals surface area contributed by atoms with Crippen LogP contribution in [0.2, 0.25) is 0 Å². The first-order valence-electron chi connectivity index (χ1n) is 4.45. The van der Waals surface area contributed by atoms with Crippen LogP contribution < -0.4 is 10.6 Å². The summed E-state index contributed by atoms with van der Waals surface area (Å²) >= 11 is 0. The average Bonchev–Trinajstić information content (AvgIpc) is 2.37. The van der Waals surface area contributed by atoms with Crippen molar-refractivity contribution in [2.24, 2.45) is 0 Å². The van der Waals surface area contributed by atoms with Gasteiger partial charge in [0, 0.05) is 26.7 Å². The third kappa shape index (κ3) is 1.41. The van der Waals surface area contributed by atoms with E-state index in [1.54, 1.807) is 0 Å². The van der Waals surface area contributed by atoms with Gasteiger partial charge in [-0.25, -0.2) is 0 Å². The number of hydrogen-bond acceptors (Lipinski definition) is 3. The molecule has 66 valence electrons. The fourth-order valence-corrected chi connectivity index (χ4v) is 2.27. The number of rotatable bonds is 0. The quantitative estimate of drug-likeness (QED) is 0.512. The Labute approximate surface area is 69.6 Å². The van der Waals surface area contributed by atoms with Gasteiger partial charge >= 0.3 is 0 Å². The minimum absolute atomic E-state index is 0. The molecule has 3 heteroatoms. The molecule has 0 bridgehead atoms. The van der Waals surface area contributed by atoms with Crippen LogP contribution in [0.5, 0.6) is 0 Å². The molecule has 3 nitrogen and oxygen atoms in total. The van der Waals surface area contributed by atoms with Crippen LogP contribution in [-0.4, -0.2) is 43.8 Å². The number of likely N-dealkylation sites (tertiary alicyclic amines) is 1. The van der Waals surface area contributed by atoms with Gasteiger partial charge in [-0.2, -0.15) is 0 Å². The van der Waals surface area contributed by atoms with E-state index in [0.717, 1.165) is 13.2 Å². The van der Waals surface area contributed by atoms with Gasteiger partial charge in [0.15, 0.2) is 0 Å². The van der Waals surface area contributed by atoms with E-state index in [9.17, 15) is 0 Å². The lowest BCUT2D eigenvalue weighted by Crippen LogP contribution is -2.54. The van der Waals surface area contributed by atoms with Crippen molar-refractivity contribution in [3.05, 3.63) is 0 Å². The van der Waals surface area contributed by atoms with Gasteiger partial charge in [-0.05, 0) is 26.4 Å². The van der Waals surface area contributed by atoms with Gasteiger partial charge < -0.3 is 10.2 Å². The van der Waals surface area contributed by atoms with Crippen LogP contribution in [0.1, 0.15) is 14.3 Å². The molecule has 2 heterocycles. The van der Waals surface area contributed by atoms with Crippen molar-refractivity contribution in [2.75, 3.05) is 33.4 Å². The summed E-state index contributed by atoms with van der Waals surface area (Å²) in [6.45, 7) is 4.62. The molecule has 1 unspecified atom stereocenters. The van der Waals surface area contributed by atoms with Crippen molar-refractivity contribution < 1.29 is 1.43 Å². The van der Waals surface area contributed by atoms with Crippen molar-refractivity contribution in [2.45, 2.75) is 18.4 Å². The zero-order valence-electron chi connectivity index (χ0n) is 7.19. The SMILES string of the molecule is CN1CCCC2(CNCN2)C1.[HH]. The highest BCUT2D eigenvalue weighted by atomic mass is 15.3. The molecule has 2 aliphatic heterocycles. The highest BCUT2D eigenvalue weighted by Gasteiger charge is 2.36. The van der Waals surface area contributed by atoms with Crippen molar-refractivity contribution in [3.63, 3.8) is 0 Å². The molecular weight excluding hydrogens is 138 g/mol. The van der Waals surface area contributed by atoms with E-state index in [2.05, 4.69) is 22.6 Å². The number of likely N-dealkylation sites (N-methyl/N-ethyl adjacent to an activating group) is 1. The predicted molar refractivity (Wildman–Crippen MR) is 47.6 cm³/mol. The number of hydrogen-bond donors (Lipinski definition) is 2. The Balaban J connectivity index is 0.000000720. The van der Waals surface area contributed by atoms with Crippen LogP contribution in [-0.2, 0) is 0 Å². The summed E-state index contributed by atoms with van der Waals surface area (Å²) in [4.78, 5) is 2.42. The largest absolute Gasteiger partial charge is 0.304 e. The molecule has 0 aromatic rings. The first-order chi connectivity index (χ1) is 5.31. The molecule has 0 amide bonds. The Hall–Kier alpha value is -0.120. The van der Waals surface area contributed by atoms with E-state index in [4.69, 9.17) is 0 Å². The zero-order chi connectivity index (χ0) is 7.73. The van der Waals surface area contributed by atoms with E-state index in [1.807, 2.05) is 0 Å². The van der Waals surface area contributed by atoms with Crippen molar-refractivity contribution in [1.82, 2.24) is 15.5 Å². The maximum Gasteiger partial charge on any atom is 0.0460 e. The molecule has 2 N–H and O–H groups in total. The lowest BCUT2D eigenvalue weighted by molar-refractivity contribution is 0.171. The summed E-state index contributed by atoms with van der Waals surface area (Å²) in [6.07, 6.45) is 2.68. The van der Waals surface area contributed by atoms with Crippen LogP contribution in [0, 0.1) is 0 Å². The molecular formula is C8H19N3. The normalized spacial score (nSPS) is 40.1. The summed E-state index contributed by atoms with van der Waals surface area (Å²) in [5.41, 5.74) is 0.410. The van der Waals surface area contributed by atoms with Crippen molar-refractivity contribution >= 4 is 0 Å². The number of nitrogens with zero attached hydrogens (tertiary/aromatic N) is 1. The molecule has 2 aliphatic rings. The Kier molecular flexibility index (Phi) is 1.87. The predicted octanol–water partition coefficient (Wildman–Crippen LogP) is -0.153. The maximum absolute atomic E-state index is 3.55. The Bertz CT molecular complexity index is 145. The number of piperidine rings is 1. The lowest BCUT2D eigenvalue weighted by Gasteiger charge is -2.38. The van der Waals surface area contributed by atoms with Crippen LogP contribution in [0.3, 0.4) is 0 Å². The maximum atomic E-state index is 3.55. The summed E-state index contributed by atoms with van der Waals surface area (Å²) in [7, 11) is 2.21. The van der Waals surface area contributed by atoms with Crippen LogP contribution >= 0.6 is 0 Å². The second kappa shape index (κ2) is 2.73. The molecule has 0 aromatic carbocycles. The Morgan fingerprint density at radius 3 is 3.09 bits per heavy atom. The molecule has 0 saturated carbocycles. The van der Waals surface area contributed by atoms with Crippen LogP contribution in [0.25, 0.3) is 0 Å². The average molecular weight is 157 g/mol. The smallest absolute Gasteiger partial charge is 0.0460 e. The second-order valence-corrected chi connectivity index (χ2v) is 3.90. The Morgan fingerprint density at radius 2 is 2.45 bits per heavy atom. The number of nitrogens with one attached hydrogen (secondary N) is 2. The van der Waals surface area contributed by atoms with E-state index in [0.29, 0.717) is 5.54 Å². The van der Waals surface area contributed by atoms with Gasteiger partial charge in [0.05, 0.1) is 0 Å². The topological polar surface area (TPSA) is 27.3 Å². The fraction of sp³-hybridized carbons (Fsp3) is 1.00. The highest BCUT2D eigenvalue weighted by molar-refractivity contribution is 4.98. The second-order valence-electron chi connectivity index (χ2n) is 3.90. The summed E-state index contributed by atoms with van der Waals surface area (Å²) in [5, 5.41) is 6.92. The molecule has 0 aliphatic carbocycles. The summed E-state index contributed by atoms with van der Waals surface area (Å²) < 4.78 is 0. The molecule has 1 spiro atoms. The van der Waals surface area contributed by atoms with Gasteiger partial charge in [-0.15, -0.1) is 0 Å². The van der Waals surface area contributed by atoms with E-state index < -0.39 is 0 Å². The monoisotopic (exact) mass is 157 g/mol. The molecule has 2 fully saturated rings. The van der Waals surface area contributed by atoms with E-state index in [1.165, 1.54) is 25.9 Å². The van der Waals surface area contributed by atoms with E-state index >= 15 is 0 Å². The van der Waals surface area contributed by atoms with E-state index in [-0.39, 0.29) is 1.43 Å². The minimum Gasteiger partial charge on any atom is -0.304 e. The first-order valence-corrected chi connectivity index (χ1v) is 4.45. The molecule has 2 saturated heterocycles. The third-order valence-corrected chi connectivity index (χ3v) is 2.82. The first kappa shape index (κ1) is 7.53. The highest BCUT2D eigenvalue weighted by Crippen LogP contribution is 2.21. The van der Waals surface area contributed by atoms with Gasteiger partial charge in [-0.1, -0.05) is 0 Å². The van der Waals surface area contributed by atoms with Gasteiger partial charge in [-0.3, -0.25) is 5.32 Å². The molecule has 2 rings (SSSR count). The van der Waals surface area contributed by atoms with Crippen molar-refractivity contribution in [1.29, 1.82) is 0 Å². The van der Waals surface area contributed by atoms with Gasteiger partial charge in [0.1, 0.15) is 0 Å². The summed E-state index contributed by atoms with van der Waals surface area (Å²) in [6, 6.07) is 0. The van der Waals surface area contributed by atoms with Gasteiger partial charge in [0.2, 0.25) is 0 Å². The van der Waals surface area contributed by atoms with Crippen molar-refractivity contribution in [3.8, 4) is 0 Å². The minimum atomic E-state index is 0.